The Labute approximate surface area is 95.6 Å². The SMILES string of the molecule is Cc1ccccc1CNCc1ncccn1. The summed E-state index contributed by atoms with van der Waals surface area (Å²) in [6, 6.07) is 10.2. The fourth-order valence-electron chi connectivity index (χ4n) is 1.54. The molecule has 3 heteroatoms. The first-order chi connectivity index (χ1) is 7.86. The zero-order chi connectivity index (χ0) is 11.2. The zero-order valence-electron chi connectivity index (χ0n) is 9.35. The molecule has 82 valence electrons. The molecule has 0 amide bonds. The first-order valence-corrected chi connectivity index (χ1v) is 5.37. The Bertz CT molecular complexity index is 440. The van der Waals surface area contributed by atoms with Gasteiger partial charge in [0.15, 0.2) is 0 Å². The minimum absolute atomic E-state index is 0.704. The number of hydrogen-bond donors (Lipinski definition) is 1. The van der Waals surface area contributed by atoms with Crippen LogP contribution in [0.1, 0.15) is 17.0 Å². The van der Waals surface area contributed by atoms with Crippen molar-refractivity contribution in [3.05, 3.63) is 59.7 Å². The third kappa shape index (κ3) is 2.87. The average Bonchev–Trinajstić information content (AvgIpc) is 2.33. The van der Waals surface area contributed by atoms with Gasteiger partial charge in [-0.1, -0.05) is 24.3 Å². The Kier molecular flexibility index (Phi) is 3.62. The van der Waals surface area contributed by atoms with Crippen molar-refractivity contribution in [2.45, 2.75) is 20.0 Å². The lowest BCUT2D eigenvalue weighted by Crippen LogP contribution is -2.15. The third-order valence-electron chi connectivity index (χ3n) is 2.48. The van der Waals surface area contributed by atoms with Gasteiger partial charge < -0.3 is 5.32 Å². The molecule has 2 aromatic rings. The molecule has 0 aliphatic heterocycles. The molecule has 0 bridgehead atoms. The number of rotatable bonds is 4. The Morgan fingerprint density at radius 3 is 2.50 bits per heavy atom. The Hall–Kier alpha value is -1.74. The van der Waals surface area contributed by atoms with Gasteiger partial charge in [0, 0.05) is 18.9 Å². The average molecular weight is 213 g/mol. The molecule has 16 heavy (non-hydrogen) atoms. The Balaban J connectivity index is 1.87. The second kappa shape index (κ2) is 5.37. The lowest BCUT2D eigenvalue weighted by molar-refractivity contribution is 0.660. The van der Waals surface area contributed by atoms with Crippen molar-refractivity contribution in [3.8, 4) is 0 Å². The zero-order valence-corrected chi connectivity index (χ0v) is 9.35. The second-order valence-corrected chi connectivity index (χ2v) is 3.70. The molecule has 1 aromatic heterocycles. The number of nitrogens with one attached hydrogen (secondary N) is 1. The van der Waals surface area contributed by atoms with Crippen LogP contribution in [0.15, 0.2) is 42.7 Å². The molecule has 1 heterocycles. The van der Waals surface area contributed by atoms with Crippen molar-refractivity contribution in [3.63, 3.8) is 0 Å². The molecule has 0 saturated heterocycles. The molecule has 0 aliphatic carbocycles. The normalized spacial score (nSPS) is 10.3. The minimum Gasteiger partial charge on any atom is -0.306 e. The fraction of sp³-hybridized carbons (Fsp3) is 0.231. The van der Waals surface area contributed by atoms with Crippen LogP contribution >= 0.6 is 0 Å². The highest BCUT2D eigenvalue weighted by Gasteiger charge is 1.97. The largest absolute Gasteiger partial charge is 0.306 e. The maximum absolute atomic E-state index is 4.16. The van der Waals surface area contributed by atoms with Crippen molar-refractivity contribution in [1.29, 1.82) is 0 Å². The number of nitrogens with zero attached hydrogens (tertiary/aromatic N) is 2. The van der Waals surface area contributed by atoms with E-state index in [-0.39, 0.29) is 0 Å². The quantitative estimate of drug-likeness (QED) is 0.845. The van der Waals surface area contributed by atoms with Crippen LogP contribution in [-0.4, -0.2) is 9.97 Å². The molecule has 0 unspecified atom stereocenters. The fourth-order valence-corrected chi connectivity index (χ4v) is 1.54. The van der Waals surface area contributed by atoms with Crippen molar-refractivity contribution in [1.82, 2.24) is 15.3 Å². The monoisotopic (exact) mass is 213 g/mol. The van der Waals surface area contributed by atoms with Gasteiger partial charge in [-0.05, 0) is 24.1 Å². The summed E-state index contributed by atoms with van der Waals surface area (Å²) >= 11 is 0. The van der Waals surface area contributed by atoms with E-state index < -0.39 is 0 Å². The van der Waals surface area contributed by atoms with Crippen LogP contribution in [0.5, 0.6) is 0 Å². The van der Waals surface area contributed by atoms with Gasteiger partial charge in [0.25, 0.3) is 0 Å². The van der Waals surface area contributed by atoms with Crippen LogP contribution in [0.25, 0.3) is 0 Å². The molecular weight excluding hydrogens is 198 g/mol. The maximum Gasteiger partial charge on any atom is 0.141 e. The van der Waals surface area contributed by atoms with Crippen molar-refractivity contribution in [2.24, 2.45) is 0 Å². The molecule has 1 N–H and O–H groups in total. The number of aryl methyl sites for hydroxylation is 1. The molecule has 1 aromatic carbocycles. The summed E-state index contributed by atoms with van der Waals surface area (Å²) in [4.78, 5) is 8.32. The van der Waals surface area contributed by atoms with E-state index in [0.29, 0.717) is 6.54 Å². The van der Waals surface area contributed by atoms with E-state index in [2.05, 4.69) is 46.5 Å². The Morgan fingerprint density at radius 2 is 1.75 bits per heavy atom. The van der Waals surface area contributed by atoms with Gasteiger partial charge in [0.2, 0.25) is 0 Å². The maximum atomic E-state index is 4.16. The van der Waals surface area contributed by atoms with Gasteiger partial charge in [0.05, 0.1) is 6.54 Å². The number of hydrogen-bond acceptors (Lipinski definition) is 3. The van der Waals surface area contributed by atoms with E-state index in [4.69, 9.17) is 0 Å². The van der Waals surface area contributed by atoms with Crippen LogP contribution in [-0.2, 0) is 13.1 Å². The molecule has 3 nitrogen and oxygen atoms in total. The van der Waals surface area contributed by atoms with Gasteiger partial charge in [-0.15, -0.1) is 0 Å². The van der Waals surface area contributed by atoms with Crippen molar-refractivity contribution < 1.29 is 0 Å². The predicted octanol–water partition coefficient (Wildman–Crippen LogP) is 2.07. The molecule has 0 saturated carbocycles. The van der Waals surface area contributed by atoms with Crippen LogP contribution < -0.4 is 5.32 Å². The summed E-state index contributed by atoms with van der Waals surface area (Å²) in [7, 11) is 0. The van der Waals surface area contributed by atoms with Crippen LogP contribution in [0.4, 0.5) is 0 Å². The van der Waals surface area contributed by atoms with E-state index in [0.717, 1.165) is 12.4 Å². The highest BCUT2D eigenvalue weighted by Crippen LogP contribution is 2.06. The molecule has 0 aliphatic rings. The van der Waals surface area contributed by atoms with E-state index in [9.17, 15) is 0 Å². The number of benzene rings is 1. The van der Waals surface area contributed by atoms with Crippen LogP contribution in [0.3, 0.4) is 0 Å². The standard InChI is InChI=1S/C13H15N3/c1-11-5-2-3-6-12(11)9-14-10-13-15-7-4-8-16-13/h2-8,14H,9-10H2,1H3. The lowest BCUT2D eigenvalue weighted by atomic mass is 10.1. The van der Waals surface area contributed by atoms with E-state index in [1.54, 1.807) is 12.4 Å². The summed E-state index contributed by atoms with van der Waals surface area (Å²) in [5, 5.41) is 3.33. The predicted molar refractivity (Wildman–Crippen MR) is 63.8 cm³/mol. The first kappa shape index (κ1) is 10.8. The molecule has 0 radical (unpaired) electrons. The summed E-state index contributed by atoms with van der Waals surface area (Å²) in [5.41, 5.74) is 2.63. The van der Waals surface area contributed by atoms with Gasteiger partial charge in [-0.3, -0.25) is 0 Å². The van der Waals surface area contributed by atoms with Crippen molar-refractivity contribution in [2.75, 3.05) is 0 Å². The van der Waals surface area contributed by atoms with Gasteiger partial charge in [0.1, 0.15) is 5.82 Å². The smallest absolute Gasteiger partial charge is 0.141 e. The lowest BCUT2D eigenvalue weighted by Gasteiger charge is -2.06. The number of aromatic nitrogens is 2. The summed E-state index contributed by atoms with van der Waals surface area (Å²) in [5.74, 6) is 0.830. The summed E-state index contributed by atoms with van der Waals surface area (Å²) < 4.78 is 0. The van der Waals surface area contributed by atoms with Crippen LogP contribution in [0, 0.1) is 6.92 Å². The summed E-state index contributed by atoms with van der Waals surface area (Å²) in [6.45, 7) is 3.68. The van der Waals surface area contributed by atoms with Crippen molar-refractivity contribution >= 4 is 0 Å². The highest BCUT2D eigenvalue weighted by atomic mass is 14.9. The molecule has 0 fully saturated rings. The third-order valence-corrected chi connectivity index (χ3v) is 2.48. The Morgan fingerprint density at radius 1 is 1.00 bits per heavy atom. The molecule has 2 rings (SSSR count). The van der Waals surface area contributed by atoms with E-state index in [1.807, 2.05) is 6.07 Å². The molecular formula is C13H15N3. The van der Waals surface area contributed by atoms with Gasteiger partial charge >= 0.3 is 0 Å². The first-order valence-electron chi connectivity index (χ1n) is 5.37. The summed E-state index contributed by atoms with van der Waals surface area (Å²) in [6.07, 6.45) is 3.52. The highest BCUT2D eigenvalue weighted by molar-refractivity contribution is 5.25. The minimum atomic E-state index is 0.704. The van der Waals surface area contributed by atoms with Crippen LogP contribution in [0.2, 0.25) is 0 Å². The second-order valence-electron chi connectivity index (χ2n) is 3.70. The van der Waals surface area contributed by atoms with Gasteiger partial charge in [-0.25, -0.2) is 9.97 Å². The molecule has 0 atom stereocenters. The van der Waals surface area contributed by atoms with E-state index in [1.165, 1.54) is 11.1 Å². The topological polar surface area (TPSA) is 37.8 Å². The van der Waals surface area contributed by atoms with Gasteiger partial charge in [-0.2, -0.15) is 0 Å². The van der Waals surface area contributed by atoms with E-state index >= 15 is 0 Å². The molecule has 0 spiro atoms.